The summed E-state index contributed by atoms with van der Waals surface area (Å²) in [6, 6.07) is 13.7. The van der Waals surface area contributed by atoms with Gasteiger partial charge in [0.2, 0.25) is 0 Å². The van der Waals surface area contributed by atoms with Crippen LogP contribution in [0.3, 0.4) is 0 Å². The molecule has 6 heteroatoms. The molecule has 2 aromatic carbocycles. The van der Waals surface area contributed by atoms with Crippen LogP contribution in [0, 0.1) is 5.82 Å². The third kappa shape index (κ3) is 3.99. The lowest BCUT2D eigenvalue weighted by Gasteiger charge is -2.06. The molecule has 0 atom stereocenters. The summed E-state index contributed by atoms with van der Waals surface area (Å²) < 4.78 is 13.2. The fourth-order valence-electron chi connectivity index (χ4n) is 2.21. The summed E-state index contributed by atoms with van der Waals surface area (Å²) in [4.78, 5) is 16.6. The standard InChI is InChI=1S/C18H14ClFN2OS/c19-16-7-6-13(20)10-15(16)17(23)21-9-8-14-11-24-18(22-14)12-4-2-1-3-5-12/h1-7,10-11H,8-9H2,(H,21,23). The minimum Gasteiger partial charge on any atom is -0.352 e. The Morgan fingerprint density at radius 1 is 1.21 bits per heavy atom. The molecule has 0 aliphatic heterocycles. The van der Waals surface area contributed by atoms with E-state index >= 15 is 0 Å². The molecule has 1 N–H and O–H groups in total. The normalized spacial score (nSPS) is 10.6. The van der Waals surface area contributed by atoms with Gasteiger partial charge in [-0.15, -0.1) is 11.3 Å². The van der Waals surface area contributed by atoms with Crippen molar-refractivity contribution >= 4 is 28.8 Å². The van der Waals surface area contributed by atoms with Crippen LogP contribution >= 0.6 is 22.9 Å². The van der Waals surface area contributed by atoms with Crippen LogP contribution < -0.4 is 5.32 Å². The number of hydrogen-bond acceptors (Lipinski definition) is 3. The Kier molecular flexibility index (Phi) is 5.23. The van der Waals surface area contributed by atoms with E-state index in [2.05, 4.69) is 10.3 Å². The molecular formula is C18H14ClFN2OS. The zero-order valence-electron chi connectivity index (χ0n) is 12.6. The van der Waals surface area contributed by atoms with E-state index in [9.17, 15) is 9.18 Å². The molecule has 0 bridgehead atoms. The fourth-order valence-corrected chi connectivity index (χ4v) is 3.27. The third-order valence-corrected chi connectivity index (χ3v) is 4.68. The van der Waals surface area contributed by atoms with E-state index in [4.69, 9.17) is 11.6 Å². The number of thiazole rings is 1. The Bertz CT molecular complexity index is 851. The van der Waals surface area contributed by atoms with Crippen molar-refractivity contribution in [1.82, 2.24) is 10.3 Å². The zero-order chi connectivity index (χ0) is 16.9. The fraction of sp³-hybridized carbons (Fsp3) is 0.111. The molecule has 1 amide bonds. The maximum Gasteiger partial charge on any atom is 0.252 e. The van der Waals surface area contributed by atoms with Crippen LogP contribution in [0.25, 0.3) is 10.6 Å². The van der Waals surface area contributed by atoms with Crippen molar-refractivity contribution in [1.29, 1.82) is 0 Å². The van der Waals surface area contributed by atoms with Gasteiger partial charge in [-0.25, -0.2) is 9.37 Å². The Balaban J connectivity index is 1.58. The Hall–Kier alpha value is -2.24. The number of aromatic nitrogens is 1. The predicted molar refractivity (Wildman–Crippen MR) is 95.0 cm³/mol. The zero-order valence-corrected chi connectivity index (χ0v) is 14.2. The molecule has 24 heavy (non-hydrogen) atoms. The second kappa shape index (κ2) is 7.55. The largest absolute Gasteiger partial charge is 0.352 e. The molecule has 3 rings (SSSR count). The van der Waals surface area contributed by atoms with Crippen molar-refractivity contribution in [3.05, 3.63) is 76.0 Å². The van der Waals surface area contributed by atoms with Gasteiger partial charge in [-0.05, 0) is 18.2 Å². The molecule has 0 fully saturated rings. The molecule has 0 aliphatic carbocycles. The molecular weight excluding hydrogens is 347 g/mol. The van der Waals surface area contributed by atoms with Crippen LogP contribution in [-0.4, -0.2) is 17.4 Å². The molecule has 122 valence electrons. The van der Waals surface area contributed by atoms with Gasteiger partial charge in [-0.3, -0.25) is 4.79 Å². The van der Waals surface area contributed by atoms with E-state index in [-0.39, 0.29) is 10.6 Å². The number of amides is 1. The van der Waals surface area contributed by atoms with Gasteiger partial charge in [-0.2, -0.15) is 0 Å². The highest BCUT2D eigenvalue weighted by Crippen LogP contribution is 2.23. The van der Waals surface area contributed by atoms with E-state index in [0.717, 1.165) is 22.3 Å². The van der Waals surface area contributed by atoms with Crippen LogP contribution in [0.15, 0.2) is 53.9 Å². The van der Waals surface area contributed by atoms with Crippen LogP contribution in [0.1, 0.15) is 16.1 Å². The molecule has 1 heterocycles. The summed E-state index contributed by atoms with van der Waals surface area (Å²) in [7, 11) is 0. The van der Waals surface area contributed by atoms with Gasteiger partial charge in [-0.1, -0.05) is 41.9 Å². The highest BCUT2D eigenvalue weighted by atomic mass is 35.5. The quantitative estimate of drug-likeness (QED) is 0.723. The maximum atomic E-state index is 13.2. The summed E-state index contributed by atoms with van der Waals surface area (Å²) >= 11 is 7.49. The third-order valence-electron chi connectivity index (χ3n) is 3.41. The first-order valence-corrected chi connectivity index (χ1v) is 8.62. The van der Waals surface area contributed by atoms with Gasteiger partial charge in [0.25, 0.3) is 5.91 Å². The van der Waals surface area contributed by atoms with Crippen LogP contribution in [0.2, 0.25) is 5.02 Å². The smallest absolute Gasteiger partial charge is 0.252 e. The number of hydrogen-bond donors (Lipinski definition) is 1. The molecule has 0 radical (unpaired) electrons. The summed E-state index contributed by atoms with van der Waals surface area (Å²) in [5.74, 6) is -0.880. The molecule has 0 saturated heterocycles. The van der Waals surface area contributed by atoms with Gasteiger partial charge in [0.15, 0.2) is 0 Å². The summed E-state index contributed by atoms with van der Waals surface area (Å²) in [5, 5.41) is 5.89. The van der Waals surface area contributed by atoms with E-state index in [1.165, 1.54) is 12.1 Å². The molecule has 3 nitrogen and oxygen atoms in total. The van der Waals surface area contributed by atoms with Crippen molar-refractivity contribution in [3.8, 4) is 10.6 Å². The highest BCUT2D eigenvalue weighted by Gasteiger charge is 2.11. The lowest BCUT2D eigenvalue weighted by Crippen LogP contribution is -2.26. The average molecular weight is 361 g/mol. The minimum atomic E-state index is -0.489. The number of benzene rings is 2. The summed E-state index contributed by atoms with van der Waals surface area (Å²) in [5.41, 5.74) is 2.12. The number of nitrogens with one attached hydrogen (secondary N) is 1. The topological polar surface area (TPSA) is 42.0 Å². The Morgan fingerprint density at radius 2 is 2.00 bits per heavy atom. The van der Waals surface area contributed by atoms with Crippen molar-refractivity contribution in [2.24, 2.45) is 0 Å². The number of nitrogens with zero attached hydrogens (tertiary/aromatic N) is 1. The number of halogens is 2. The Labute approximate surface area is 148 Å². The van der Waals surface area contributed by atoms with E-state index in [1.807, 2.05) is 35.7 Å². The lowest BCUT2D eigenvalue weighted by molar-refractivity contribution is 0.0954. The van der Waals surface area contributed by atoms with Crippen molar-refractivity contribution < 1.29 is 9.18 Å². The van der Waals surface area contributed by atoms with Crippen LogP contribution in [0.4, 0.5) is 4.39 Å². The second-order valence-electron chi connectivity index (χ2n) is 5.14. The first-order chi connectivity index (χ1) is 11.6. The molecule has 0 aliphatic rings. The van der Waals surface area contributed by atoms with Crippen molar-refractivity contribution in [3.63, 3.8) is 0 Å². The molecule has 3 aromatic rings. The number of carbonyl (C=O) groups is 1. The van der Waals surface area contributed by atoms with Gasteiger partial charge < -0.3 is 5.32 Å². The van der Waals surface area contributed by atoms with E-state index in [0.29, 0.717) is 13.0 Å². The van der Waals surface area contributed by atoms with Crippen molar-refractivity contribution in [2.75, 3.05) is 6.54 Å². The van der Waals surface area contributed by atoms with Gasteiger partial charge in [0, 0.05) is 23.9 Å². The van der Waals surface area contributed by atoms with E-state index in [1.54, 1.807) is 11.3 Å². The molecule has 0 unspecified atom stereocenters. The summed E-state index contributed by atoms with van der Waals surface area (Å²) in [6.07, 6.45) is 0.599. The van der Waals surface area contributed by atoms with Crippen molar-refractivity contribution in [2.45, 2.75) is 6.42 Å². The van der Waals surface area contributed by atoms with E-state index < -0.39 is 11.7 Å². The van der Waals surface area contributed by atoms with Crippen LogP contribution in [0.5, 0.6) is 0 Å². The first-order valence-electron chi connectivity index (χ1n) is 7.36. The Morgan fingerprint density at radius 3 is 2.79 bits per heavy atom. The summed E-state index contributed by atoms with van der Waals surface area (Å²) in [6.45, 7) is 0.406. The number of rotatable bonds is 5. The SMILES string of the molecule is O=C(NCCc1csc(-c2ccccc2)n1)c1cc(F)ccc1Cl. The molecule has 0 spiro atoms. The van der Waals surface area contributed by atoms with Gasteiger partial charge in [0.1, 0.15) is 10.8 Å². The first kappa shape index (κ1) is 16.6. The minimum absolute atomic E-state index is 0.139. The monoisotopic (exact) mass is 360 g/mol. The van der Waals surface area contributed by atoms with Gasteiger partial charge in [0.05, 0.1) is 16.3 Å². The number of carbonyl (C=O) groups excluding carboxylic acids is 1. The van der Waals surface area contributed by atoms with Gasteiger partial charge >= 0.3 is 0 Å². The molecule has 0 saturated carbocycles. The van der Waals surface area contributed by atoms with Crippen LogP contribution in [-0.2, 0) is 6.42 Å². The average Bonchev–Trinajstić information content (AvgIpc) is 3.06. The highest BCUT2D eigenvalue weighted by molar-refractivity contribution is 7.13. The molecule has 1 aromatic heterocycles. The lowest BCUT2D eigenvalue weighted by atomic mass is 10.2. The second-order valence-corrected chi connectivity index (χ2v) is 6.41. The predicted octanol–water partition coefficient (Wildman–Crippen LogP) is 4.58. The maximum absolute atomic E-state index is 13.2.